The number of hydrogen-bond donors (Lipinski definition) is 2. The zero-order valence-corrected chi connectivity index (χ0v) is 17.7. The molecule has 2 rings (SSSR count). The number of rotatable bonds is 7. The van der Waals surface area contributed by atoms with Crippen LogP contribution >= 0.6 is 24.0 Å². The van der Waals surface area contributed by atoms with Crippen LogP contribution < -0.4 is 15.4 Å². The quantitative estimate of drug-likeness (QED) is 0.382. The van der Waals surface area contributed by atoms with Gasteiger partial charge in [-0.2, -0.15) is 5.10 Å². The van der Waals surface area contributed by atoms with Crippen molar-refractivity contribution in [2.24, 2.45) is 12.0 Å². The highest BCUT2D eigenvalue weighted by atomic mass is 127. The standard InChI is InChI=1S/C18H27N5O.HI/c1-14(2)24-17-7-5-15(6-8-17)9-11-20-18(19-3)21-13-16-10-12-22-23(16)4;/h5-8,10,12,14H,9,11,13H2,1-4H3,(H2,19,20,21);1H. The fraction of sp³-hybridized carbons (Fsp3) is 0.444. The number of guanidine groups is 1. The van der Waals surface area contributed by atoms with E-state index in [1.54, 1.807) is 13.2 Å². The summed E-state index contributed by atoms with van der Waals surface area (Å²) >= 11 is 0. The Morgan fingerprint density at radius 2 is 1.92 bits per heavy atom. The van der Waals surface area contributed by atoms with Gasteiger partial charge in [-0.3, -0.25) is 9.67 Å². The average Bonchev–Trinajstić information content (AvgIpc) is 2.97. The zero-order chi connectivity index (χ0) is 17.4. The largest absolute Gasteiger partial charge is 0.491 e. The van der Waals surface area contributed by atoms with Gasteiger partial charge < -0.3 is 15.4 Å². The van der Waals surface area contributed by atoms with Crippen LogP contribution in [0.15, 0.2) is 41.5 Å². The molecule has 0 aliphatic rings. The predicted octanol–water partition coefficient (Wildman–Crippen LogP) is 2.73. The first kappa shape index (κ1) is 21.3. The van der Waals surface area contributed by atoms with E-state index in [4.69, 9.17) is 4.74 Å². The Morgan fingerprint density at radius 1 is 1.20 bits per heavy atom. The topological polar surface area (TPSA) is 63.5 Å². The van der Waals surface area contributed by atoms with Crippen molar-refractivity contribution >= 4 is 29.9 Å². The molecule has 25 heavy (non-hydrogen) atoms. The molecule has 0 amide bonds. The minimum Gasteiger partial charge on any atom is -0.491 e. The van der Waals surface area contributed by atoms with E-state index in [0.29, 0.717) is 6.54 Å². The number of aliphatic imine (C=N–C) groups is 1. The highest BCUT2D eigenvalue weighted by molar-refractivity contribution is 14.0. The molecule has 0 saturated heterocycles. The van der Waals surface area contributed by atoms with Crippen molar-refractivity contribution in [2.45, 2.75) is 32.9 Å². The second-order valence-electron chi connectivity index (χ2n) is 5.86. The Kier molecular flexibility index (Phi) is 9.33. The van der Waals surface area contributed by atoms with Gasteiger partial charge in [0.05, 0.1) is 18.3 Å². The second kappa shape index (κ2) is 11.0. The number of halogens is 1. The summed E-state index contributed by atoms with van der Waals surface area (Å²) < 4.78 is 7.50. The number of nitrogens with zero attached hydrogens (tertiary/aromatic N) is 3. The SMILES string of the molecule is CN=C(NCCc1ccc(OC(C)C)cc1)NCc1ccnn1C.I. The number of hydrogen-bond acceptors (Lipinski definition) is 3. The molecule has 2 N–H and O–H groups in total. The van der Waals surface area contributed by atoms with Gasteiger partial charge >= 0.3 is 0 Å². The maximum atomic E-state index is 5.65. The maximum Gasteiger partial charge on any atom is 0.191 e. The van der Waals surface area contributed by atoms with Gasteiger partial charge in [0.25, 0.3) is 0 Å². The molecule has 0 unspecified atom stereocenters. The van der Waals surface area contributed by atoms with Crippen LogP contribution in [0.1, 0.15) is 25.1 Å². The molecule has 2 aromatic rings. The summed E-state index contributed by atoms with van der Waals surface area (Å²) in [5, 5.41) is 10.8. The van der Waals surface area contributed by atoms with Crippen molar-refractivity contribution in [1.29, 1.82) is 0 Å². The molecule has 0 atom stereocenters. The lowest BCUT2D eigenvalue weighted by Gasteiger charge is -2.13. The van der Waals surface area contributed by atoms with Crippen LogP contribution in [0, 0.1) is 0 Å². The van der Waals surface area contributed by atoms with Crippen LogP contribution in [0.4, 0.5) is 0 Å². The summed E-state index contributed by atoms with van der Waals surface area (Å²) in [7, 11) is 3.70. The Labute approximate surface area is 167 Å². The molecule has 0 aliphatic heterocycles. The molecule has 1 heterocycles. The van der Waals surface area contributed by atoms with E-state index in [0.717, 1.165) is 30.4 Å². The molecule has 0 fully saturated rings. The Balaban J connectivity index is 0.00000312. The van der Waals surface area contributed by atoms with E-state index in [2.05, 4.69) is 32.9 Å². The van der Waals surface area contributed by atoms with Gasteiger partial charge in [0.15, 0.2) is 5.96 Å². The first-order chi connectivity index (χ1) is 11.6. The molecule has 0 saturated carbocycles. The Morgan fingerprint density at radius 3 is 2.48 bits per heavy atom. The van der Waals surface area contributed by atoms with E-state index >= 15 is 0 Å². The summed E-state index contributed by atoms with van der Waals surface area (Å²) in [5.74, 6) is 1.70. The lowest BCUT2D eigenvalue weighted by atomic mass is 10.1. The van der Waals surface area contributed by atoms with E-state index < -0.39 is 0 Å². The lowest BCUT2D eigenvalue weighted by molar-refractivity contribution is 0.242. The van der Waals surface area contributed by atoms with E-state index in [1.165, 1.54) is 5.56 Å². The van der Waals surface area contributed by atoms with Crippen LogP contribution in [0.25, 0.3) is 0 Å². The highest BCUT2D eigenvalue weighted by Gasteiger charge is 2.02. The monoisotopic (exact) mass is 457 g/mol. The molecule has 0 radical (unpaired) electrons. The number of nitrogens with one attached hydrogen (secondary N) is 2. The van der Waals surface area contributed by atoms with Crippen molar-refractivity contribution in [3.63, 3.8) is 0 Å². The fourth-order valence-corrected chi connectivity index (χ4v) is 2.30. The smallest absolute Gasteiger partial charge is 0.191 e. The van der Waals surface area contributed by atoms with Crippen LogP contribution in [-0.2, 0) is 20.0 Å². The van der Waals surface area contributed by atoms with E-state index in [9.17, 15) is 0 Å². The molecular formula is C18H28IN5O. The molecule has 6 nitrogen and oxygen atoms in total. The van der Waals surface area contributed by atoms with Crippen LogP contribution in [0.2, 0.25) is 0 Å². The van der Waals surface area contributed by atoms with Crippen LogP contribution in [0.5, 0.6) is 5.75 Å². The first-order valence-corrected chi connectivity index (χ1v) is 8.25. The summed E-state index contributed by atoms with van der Waals surface area (Å²) in [4.78, 5) is 4.24. The first-order valence-electron chi connectivity index (χ1n) is 8.25. The summed E-state index contributed by atoms with van der Waals surface area (Å²) in [6.45, 7) is 5.57. The van der Waals surface area contributed by atoms with Crippen molar-refractivity contribution < 1.29 is 4.74 Å². The van der Waals surface area contributed by atoms with E-state index in [-0.39, 0.29) is 30.1 Å². The van der Waals surface area contributed by atoms with Gasteiger partial charge in [-0.1, -0.05) is 12.1 Å². The van der Waals surface area contributed by atoms with E-state index in [1.807, 2.05) is 43.8 Å². The normalized spacial score (nSPS) is 11.2. The molecule has 0 aliphatic carbocycles. The van der Waals surface area contributed by atoms with Gasteiger partial charge in [-0.25, -0.2) is 0 Å². The summed E-state index contributed by atoms with van der Waals surface area (Å²) in [6, 6.07) is 10.2. The van der Waals surface area contributed by atoms with Gasteiger partial charge in [-0.15, -0.1) is 24.0 Å². The number of aromatic nitrogens is 2. The molecule has 1 aromatic carbocycles. The van der Waals surface area contributed by atoms with Gasteiger partial charge in [0.1, 0.15) is 5.75 Å². The number of ether oxygens (including phenoxy) is 1. The van der Waals surface area contributed by atoms with Crippen LogP contribution in [-0.4, -0.2) is 35.4 Å². The Bertz CT molecular complexity index is 652. The fourth-order valence-electron chi connectivity index (χ4n) is 2.30. The predicted molar refractivity (Wildman–Crippen MR) is 113 cm³/mol. The molecule has 0 spiro atoms. The molecular weight excluding hydrogens is 429 g/mol. The molecule has 0 bridgehead atoms. The van der Waals surface area contributed by atoms with Crippen LogP contribution in [0.3, 0.4) is 0 Å². The number of aryl methyl sites for hydroxylation is 1. The molecule has 138 valence electrons. The van der Waals surface area contributed by atoms with Crippen molar-refractivity contribution in [1.82, 2.24) is 20.4 Å². The van der Waals surface area contributed by atoms with Gasteiger partial charge in [0, 0.05) is 26.8 Å². The average molecular weight is 457 g/mol. The zero-order valence-electron chi connectivity index (χ0n) is 15.3. The van der Waals surface area contributed by atoms with Gasteiger partial charge in [0.2, 0.25) is 0 Å². The summed E-state index contributed by atoms with van der Waals surface area (Å²) in [6.07, 6.45) is 2.92. The third-order valence-corrected chi connectivity index (χ3v) is 3.58. The Hall–Kier alpha value is -1.77. The third-order valence-electron chi connectivity index (χ3n) is 3.58. The summed E-state index contributed by atoms with van der Waals surface area (Å²) in [5.41, 5.74) is 2.37. The third kappa shape index (κ3) is 7.33. The maximum absolute atomic E-state index is 5.65. The van der Waals surface area contributed by atoms with Gasteiger partial charge in [-0.05, 0) is 44.0 Å². The minimum atomic E-state index is 0. The number of benzene rings is 1. The minimum absolute atomic E-state index is 0. The highest BCUT2D eigenvalue weighted by Crippen LogP contribution is 2.13. The van der Waals surface area contributed by atoms with Crippen molar-refractivity contribution in [2.75, 3.05) is 13.6 Å². The van der Waals surface area contributed by atoms with Crippen molar-refractivity contribution in [3.8, 4) is 5.75 Å². The lowest BCUT2D eigenvalue weighted by Crippen LogP contribution is -2.38. The molecule has 7 heteroatoms. The second-order valence-corrected chi connectivity index (χ2v) is 5.86. The molecule has 1 aromatic heterocycles. The van der Waals surface area contributed by atoms with Crippen molar-refractivity contribution in [3.05, 3.63) is 47.8 Å².